The van der Waals surface area contributed by atoms with E-state index in [0.717, 1.165) is 31.4 Å². The molecule has 1 heteroatoms. The Morgan fingerprint density at radius 1 is 0.788 bits per heavy atom. The lowest BCUT2D eigenvalue weighted by Crippen LogP contribution is -1.79. The fourth-order valence-electron chi connectivity index (χ4n) is 3.71. The Kier molecular flexibility index (Phi) is 9.54. The zero-order chi connectivity index (χ0) is 23.3. The van der Waals surface area contributed by atoms with Gasteiger partial charge in [0, 0.05) is 6.42 Å². The number of benzene rings is 3. The van der Waals surface area contributed by atoms with Crippen molar-refractivity contribution in [3.63, 3.8) is 0 Å². The maximum Gasteiger partial charge on any atom is 0.0908 e. The summed E-state index contributed by atoms with van der Waals surface area (Å²) in [6.07, 6.45) is 13.8. The molecule has 0 bridgehead atoms. The predicted molar refractivity (Wildman–Crippen MR) is 144 cm³/mol. The minimum Gasteiger partial charge on any atom is -0.501 e. The highest BCUT2D eigenvalue weighted by Gasteiger charge is 2.07. The van der Waals surface area contributed by atoms with Gasteiger partial charge in [0.2, 0.25) is 0 Å². The van der Waals surface area contributed by atoms with Crippen molar-refractivity contribution >= 4 is 17.2 Å². The van der Waals surface area contributed by atoms with Gasteiger partial charge in [-0.25, -0.2) is 0 Å². The number of allylic oxidation sites excluding steroid dienone is 4. The smallest absolute Gasteiger partial charge is 0.0908 e. The third kappa shape index (κ3) is 7.80. The molecule has 0 saturated heterocycles. The van der Waals surface area contributed by atoms with Crippen molar-refractivity contribution in [2.45, 2.75) is 33.1 Å². The molecule has 3 aromatic carbocycles. The number of hydrogen-bond acceptors (Lipinski definition) is 1. The molecule has 168 valence electrons. The molecule has 0 fully saturated rings. The van der Waals surface area contributed by atoms with Crippen LogP contribution in [0.25, 0.3) is 17.2 Å². The van der Waals surface area contributed by atoms with Crippen LogP contribution in [0.5, 0.6) is 0 Å². The first-order valence-electron chi connectivity index (χ1n) is 11.6. The van der Waals surface area contributed by atoms with E-state index in [9.17, 15) is 0 Å². The monoisotopic (exact) mass is 434 g/mol. The van der Waals surface area contributed by atoms with Gasteiger partial charge in [0.15, 0.2) is 0 Å². The van der Waals surface area contributed by atoms with Crippen molar-refractivity contribution in [3.05, 3.63) is 138 Å². The maximum absolute atomic E-state index is 4.76. The summed E-state index contributed by atoms with van der Waals surface area (Å²) in [5.41, 5.74) is 9.52. The second-order valence-corrected chi connectivity index (χ2v) is 8.23. The van der Waals surface area contributed by atoms with Crippen LogP contribution >= 0.6 is 0 Å². The zero-order valence-corrected chi connectivity index (χ0v) is 19.8. The quantitative estimate of drug-likeness (QED) is 0.373. The molecule has 0 spiro atoms. The lowest BCUT2D eigenvalue weighted by atomic mass is 10.1. The highest BCUT2D eigenvalue weighted by molar-refractivity contribution is 5.71. The Labute approximate surface area is 199 Å². The largest absolute Gasteiger partial charge is 0.501 e. The van der Waals surface area contributed by atoms with Gasteiger partial charge in [-0.3, -0.25) is 0 Å². The Hall–Kier alpha value is -3.58. The SMILES string of the molecule is C1=COCC1.C1=Cc2ccccc2C1.C=C(C)c1ccccc1.CC1=CCc2ccccc21. The van der Waals surface area contributed by atoms with Crippen LogP contribution in [0.2, 0.25) is 0 Å². The fraction of sp³-hybridized carbons (Fsp3) is 0.188. The van der Waals surface area contributed by atoms with Gasteiger partial charge in [0.1, 0.15) is 0 Å². The molecule has 33 heavy (non-hydrogen) atoms. The maximum atomic E-state index is 4.76. The zero-order valence-electron chi connectivity index (χ0n) is 19.8. The average Bonchev–Trinajstić information content (AvgIpc) is 3.64. The van der Waals surface area contributed by atoms with Gasteiger partial charge >= 0.3 is 0 Å². The number of fused-ring (bicyclic) bond motifs is 2. The summed E-state index contributed by atoms with van der Waals surface area (Å²) in [4.78, 5) is 0. The standard InChI is InChI=1S/C10H10.C9H8.C9H10.C4H6O/c1-8-6-7-9-4-2-3-5-10(8)9;1-2-5-9-7-3-6-8(9)4-1;1-8(2)9-6-4-3-5-7-9;1-2-4-5-3-1/h2-6H,7H2,1H3;1-6H,7H2;3-7H,1H2,2H3;1,3H,2,4H2. The molecule has 2 aliphatic carbocycles. The van der Waals surface area contributed by atoms with Crippen molar-refractivity contribution < 1.29 is 4.74 Å². The van der Waals surface area contributed by atoms with Crippen LogP contribution in [0, 0.1) is 0 Å². The molecule has 3 aromatic rings. The van der Waals surface area contributed by atoms with E-state index >= 15 is 0 Å². The molecule has 3 aliphatic rings. The lowest BCUT2D eigenvalue weighted by Gasteiger charge is -1.97. The number of ether oxygens (including phenoxy) is 1. The molecule has 0 saturated carbocycles. The van der Waals surface area contributed by atoms with E-state index in [1.165, 1.54) is 33.4 Å². The second kappa shape index (κ2) is 13.1. The van der Waals surface area contributed by atoms with E-state index in [-0.39, 0.29) is 0 Å². The van der Waals surface area contributed by atoms with Gasteiger partial charge in [-0.2, -0.15) is 0 Å². The first-order chi connectivity index (χ1) is 16.1. The highest BCUT2D eigenvalue weighted by atomic mass is 16.5. The molecule has 0 amide bonds. The molecule has 0 aromatic heterocycles. The molecular formula is C32H34O. The van der Waals surface area contributed by atoms with Gasteiger partial charge in [-0.05, 0) is 66.2 Å². The van der Waals surface area contributed by atoms with Crippen molar-refractivity contribution in [1.29, 1.82) is 0 Å². The second-order valence-electron chi connectivity index (χ2n) is 8.23. The van der Waals surface area contributed by atoms with Crippen molar-refractivity contribution in [2.24, 2.45) is 0 Å². The van der Waals surface area contributed by atoms with Gasteiger partial charge in [0.25, 0.3) is 0 Å². The van der Waals surface area contributed by atoms with Gasteiger partial charge < -0.3 is 4.74 Å². The Balaban J connectivity index is 0.000000127. The Bertz CT molecular complexity index is 1110. The summed E-state index contributed by atoms with van der Waals surface area (Å²) in [7, 11) is 0. The summed E-state index contributed by atoms with van der Waals surface area (Å²) in [5.74, 6) is 0. The first kappa shape index (κ1) is 24.1. The van der Waals surface area contributed by atoms with E-state index < -0.39 is 0 Å². The average molecular weight is 435 g/mol. The van der Waals surface area contributed by atoms with Gasteiger partial charge in [0.05, 0.1) is 12.9 Å². The highest BCUT2D eigenvalue weighted by Crippen LogP contribution is 2.25. The van der Waals surface area contributed by atoms with E-state index in [0.29, 0.717) is 0 Å². The Morgan fingerprint density at radius 3 is 2.06 bits per heavy atom. The van der Waals surface area contributed by atoms with Crippen LogP contribution in [0.1, 0.15) is 48.1 Å². The minimum atomic E-state index is 0.889. The minimum absolute atomic E-state index is 0.889. The third-order valence-corrected chi connectivity index (χ3v) is 5.62. The summed E-state index contributed by atoms with van der Waals surface area (Å²) in [5, 5.41) is 0. The van der Waals surface area contributed by atoms with Gasteiger partial charge in [-0.1, -0.05) is 109 Å². The molecule has 1 aliphatic heterocycles. The van der Waals surface area contributed by atoms with Crippen LogP contribution in [-0.4, -0.2) is 6.61 Å². The van der Waals surface area contributed by atoms with E-state index in [1.54, 1.807) is 6.26 Å². The van der Waals surface area contributed by atoms with E-state index in [2.05, 4.69) is 92.4 Å². The topological polar surface area (TPSA) is 9.23 Å². The molecule has 1 heterocycles. The van der Waals surface area contributed by atoms with Crippen LogP contribution < -0.4 is 0 Å². The molecule has 0 N–H and O–H groups in total. The van der Waals surface area contributed by atoms with Crippen LogP contribution in [-0.2, 0) is 17.6 Å². The molecular weight excluding hydrogens is 400 g/mol. The van der Waals surface area contributed by atoms with Crippen LogP contribution in [0.3, 0.4) is 0 Å². The summed E-state index contributed by atoms with van der Waals surface area (Å²) >= 11 is 0. The normalized spacial score (nSPS) is 13.6. The molecule has 0 unspecified atom stereocenters. The third-order valence-electron chi connectivity index (χ3n) is 5.62. The molecule has 6 rings (SSSR count). The van der Waals surface area contributed by atoms with Crippen LogP contribution in [0.15, 0.2) is 110 Å². The molecule has 1 nitrogen and oxygen atoms in total. The summed E-state index contributed by atoms with van der Waals surface area (Å²) in [6, 6.07) is 27.2. The fourth-order valence-corrected chi connectivity index (χ4v) is 3.71. The Morgan fingerprint density at radius 2 is 1.48 bits per heavy atom. The lowest BCUT2D eigenvalue weighted by molar-refractivity contribution is 0.281. The van der Waals surface area contributed by atoms with Crippen LogP contribution in [0.4, 0.5) is 0 Å². The predicted octanol–water partition coefficient (Wildman–Crippen LogP) is 8.54. The van der Waals surface area contributed by atoms with Crippen molar-refractivity contribution in [2.75, 3.05) is 6.61 Å². The van der Waals surface area contributed by atoms with Gasteiger partial charge in [-0.15, -0.1) is 0 Å². The van der Waals surface area contributed by atoms with Crippen molar-refractivity contribution in [1.82, 2.24) is 0 Å². The summed E-state index contributed by atoms with van der Waals surface area (Å²) in [6.45, 7) is 8.90. The number of rotatable bonds is 1. The molecule has 0 radical (unpaired) electrons. The first-order valence-corrected chi connectivity index (χ1v) is 11.6. The summed E-state index contributed by atoms with van der Waals surface area (Å²) < 4.78 is 4.76. The van der Waals surface area contributed by atoms with Crippen molar-refractivity contribution in [3.8, 4) is 0 Å². The van der Waals surface area contributed by atoms with E-state index in [1.807, 2.05) is 31.2 Å². The molecule has 0 atom stereocenters. The number of hydrogen-bond donors (Lipinski definition) is 0. The van der Waals surface area contributed by atoms with E-state index in [4.69, 9.17) is 4.74 Å².